The third-order valence-corrected chi connectivity index (χ3v) is 7.44. The van der Waals surface area contributed by atoms with Gasteiger partial charge in [0.25, 0.3) is 0 Å². The molecule has 10 unspecified atom stereocenters. The van der Waals surface area contributed by atoms with Gasteiger partial charge in [-0.05, 0) is 44.3 Å². The highest BCUT2D eigenvalue weighted by atomic mass is 16.5. The quantitative estimate of drug-likeness (QED) is 0.139. The summed E-state index contributed by atoms with van der Waals surface area (Å²) in [7, 11) is 1.27. The first kappa shape index (κ1) is 36.2. The molecule has 0 radical (unpaired) electrons. The van der Waals surface area contributed by atoms with Crippen LogP contribution in [0.2, 0.25) is 0 Å². The predicted octanol–water partition coefficient (Wildman–Crippen LogP) is 4.20. The molecule has 0 bridgehead atoms. The maximum atomic E-state index is 11.7. The molecule has 0 spiro atoms. The van der Waals surface area contributed by atoms with Gasteiger partial charge >= 0.3 is 5.97 Å². The molecule has 38 heavy (non-hydrogen) atoms. The van der Waals surface area contributed by atoms with Gasteiger partial charge in [0, 0.05) is 30.3 Å². The van der Waals surface area contributed by atoms with Gasteiger partial charge in [0.2, 0.25) is 0 Å². The van der Waals surface area contributed by atoms with Gasteiger partial charge in [0.05, 0.1) is 37.4 Å². The monoisotopic (exact) mass is 538 g/mol. The van der Waals surface area contributed by atoms with Gasteiger partial charge < -0.3 is 30.3 Å². The fourth-order valence-corrected chi connectivity index (χ4v) is 4.23. The van der Waals surface area contributed by atoms with Crippen LogP contribution >= 0.6 is 0 Å². The first-order chi connectivity index (χ1) is 17.7. The SMILES string of the molecule is CCC(C)CC(/C=C(\C)C(O)C(C)/C=C/C(O)C(C)/C=C/C(O)C(C)/C=C(\C)C(O)C(C)C(=O)OC)CO. The molecule has 0 aliphatic carbocycles. The topological polar surface area (TPSA) is 127 Å². The number of aliphatic hydroxyl groups is 5. The summed E-state index contributed by atoms with van der Waals surface area (Å²) in [5, 5.41) is 51.8. The van der Waals surface area contributed by atoms with Gasteiger partial charge in [-0.15, -0.1) is 0 Å². The standard InChI is InChI=1S/C31H54O7/c1-10-19(2)15-26(18-32)17-24(7)29(35)21(4)12-14-27(33)20(3)11-13-28(34)22(5)16-23(6)30(36)25(8)31(37)38-9/h11-14,16-17,19-22,25-30,32-36H,10,15,18H2,1-9H3/b13-11+,14-12+,23-16+,24-17+. The number of hydrogen-bond acceptors (Lipinski definition) is 7. The Morgan fingerprint density at radius 3 is 1.76 bits per heavy atom. The summed E-state index contributed by atoms with van der Waals surface area (Å²) < 4.78 is 4.68. The minimum absolute atomic E-state index is 0.0125. The van der Waals surface area contributed by atoms with E-state index in [4.69, 9.17) is 0 Å². The molecule has 5 N–H and O–H groups in total. The molecule has 7 nitrogen and oxygen atoms in total. The lowest BCUT2D eigenvalue weighted by Crippen LogP contribution is -2.28. The van der Waals surface area contributed by atoms with Crippen LogP contribution in [0.15, 0.2) is 47.6 Å². The molecule has 220 valence electrons. The molecular formula is C31H54O7. The minimum Gasteiger partial charge on any atom is -0.469 e. The maximum Gasteiger partial charge on any atom is 0.311 e. The fraction of sp³-hybridized carbons (Fsp3) is 0.710. The summed E-state index contributed by atoms with van der Waals surface area (Å²) in [4.78, 5) is 11.7. The van der Waals surface area contributed by atoms with Crippen LogP contribution in [0, 0.1) is 35.5 Å². The van der Waals surface area contributed by atoms with Crippen LogP contribution < -0.4 is 0 Å². The predicted molar refractivity (Wildman–Crippen MR) is 153 cm³/mol. The first-order valence-corrected chi connectivity index (χ1v) is 13.8. The second-order valence-corrected chi connectivity index (χ2v) is 11.0. The van der Waals surface area contributed by atoms with Crippen LogP contribution in [-0.4, -0.2) is 69.6 Å². The Morgan fingerprint density at radius 2 is 1.26 bits per heavy atom. The van der Waals surface area contributed by atoms with Crippen molar-refractivity contribution in [1.82, 2.24) is 0 Å². The number of rotatable bonds is 17. The van der Waals surface area contributed by atoms with Crippen molar-refractivity contribution in [3.05, 3.63) is 47.6 Å². The van der Waals surface area contributed by atoms with Gasteiger partial charge in [-0.2, -0.15) is 0 Å². The van der Waals surface area contributed by atoms with Gasteiger partial charge in [-0.25, -0.2) is 0 Å². The van der Waals surface area contributed by atoms with E-state index in [-0.39, 0.29) is 30.3 Å². The average Bonchev–Trinajstić information content (AvgIpc) is 2.91. The number of ether oxygens (including phenoxy) is 1. The largest absolute Gasteiger partial charge is 0.469 e. The van der Waals surface area contributed by atoms with E-state index in [0.29, 0.717) is 11.5 Å². The molecule has 0 saturated heterocycles. The molecule has 0 heterocycles. The summed E-state index contributed by atoms with van der Waals surface area (Å²) in [6.45, 7) is 15.0. The third kappa shape index (κ3) is 12.9. The lowest BCUT2D eigenvalue weighted by Gasteiger charge is -2.21. The zero-order valence-electron chi connectivity index (χ0n) is 24.9. The smallest absolute Gasteiger partial charge is 0.311 e. The zero-order chi connectivity index (χ0) is 29.6. The van der Waals surface area contributed by atoms with Crippen LogP contribution in [0.3, 0.4) is 0 Å². The molecule has 0 rings (SSSR count). The number of esters is 1. The molecule has 0 fully saturated rings. The minimum atomic E-state index is -1.00. The summed E-state index contributed by atoms with van der Waals surface area (Å²) in [6, 6.07) is 0. The Hall–Kier alpha value is -1.77. The molecular weight excluding hydrogens is 484 g/mol. The van der Waals surface area contributed by atoms with Crippen LogP contribution in [0.5, 0.6) is 0 Å². The summed E-state index contributed by atoms with van der Waals surface area (Å²) in [5.74, 6) is -1.52. The van der Waals surface area contributed by atoms with Crippen LogP contribution in [-0.2, 0) is 9.53 Å². The number of carbonyl (C=O) groups is 1. The molecule has 0 saturated carbocycles. The van der Waals surface area contributed by atoms with E-state index in [1.54, 1.807) is 51.2 Å². The lowest BCUT2D eigenvalue weighted by atomic mass is 9.89. The van der Waals surface area contributed by atoms with Crippen molar-refractivity contribution in [2.24, 2.45) is 35.5 Å². The molecule has 0 aromatic rings. The zero-order valence-corrected chi connectivity index (χ0v) is 24.9. The Labute approximate surface area is 230 Å². The molecule has 0 aliphatic rings. The Bertz CT molecular complexity index is 800. The molecule has 0 aromatic heterocycles. The van der Waals surface area contributed by atoms with Gasteiger partial charge in [0.15, 0.2) is 0 Å². The first-order valence-electron chi connectivity index (χ1n) is 13.8. The van der Waals surface area contributed by atoms with Crippen molar-refractivity contribution in [1.29, 1.82) is 0 Å². The second kappa shape index (κ2) is 18.5. The molecule has 7 heteroatoms. The van der Waals surface area contributed by atoms with Crippen LogP contribution in [0.1, 0.15) is 68.2 Å². The van der Waals surface area contributed by atoms with E-state index >= 15 is 0 Å². The van der Waals surface area contributed by atoms with Crippen LogP contribution in [0.4, 0.5) is 0 Å². The number of hydrogen-bond donors (Lipinski definition) is 5. The molecule has 0 aliphatic heterocycles. The van der Waals surface area contributed by atoms with E-state index in [0.717, 1.165) is 18.4 Å². The number of aliphatic hydroxyl groups excluding tert-OH is 5. The number of methoxy groups -OCH3 is 1. The second-order valence-electron chi connectivity index (χ2n) is 11.0. The average molecular weight is 539 g/mol. The lowest BCUT2D eigenvalue weighted by molar-refractivity contribution is -0.147. The van der Waals surface area contributed by atoms with E-state index < -0.39 is 36.3 Å². The highest BCUT2D eigenvalue weighted by Crippen LogP contribution is 2.22. The van der Waals surface area contributed by atoms with E-state index in [1.807, 2.05) is 26.8 Å². The van der Waals surface area contributed by atoms with Gasteiger partial charge in [0.1, 0.15) is 0 Å². The molecule has 0 aromatic carbocycles. The van der Waals surface area contributed by atoms with Gasteiger partial charge in [-0.1, -0.05) is 77.5 Å². The molecule has 0 amide bonds. The highest BCUT2D eigenvalue weighted by Gasteiger charge is 2.25. The van der Waals surface area contributed by atoms with E-state index in [1.165, 1.54) is 7.11 Å². The summed E-state index contributed by atoms with van der Waals surface area (Å²) >= 11 is 0. The molecule has 10 atom stereocenters. The van der Waals surface area contributed by atoms with Crippen molar-refractivity contribution in [2.75, 3.05) is 13.7 Å². The van der Waals surface area contributed by atoms with Gasteiger partial charge in [-0.3, -0.25) is 4.79 Å². The van der Waals surface area contributed by atoms with Crippen molar-refractivity contribution in [2.45, 2.75) is 92.6 Å². The number of carbonyl (C=O) groups excluding carboxylic acids is 1. The van der Waals surface area contributed by atoms with Crippen molar-refractivity contribution in [3.63, 3.8) is 0 Å². The van der Waals surface area contributed by atoms with Crippen LogP contribution in [0.25, 0.3) is 0 Å². The van der Waals surface area contributed by atoms with E-state index in [9.17, 15) is 30.3 Å². The van der Waals surface area contributed by atoms with Crippen molar-refractivity contribution >= 4 is 5.97 Å². The third-order valence-electron chi connectivity index (χ3n) is 7.44. The Morgan fingerprint density at radius 1 is 0.763 bits per heavy atom. The highest BCUT2D eigenvalue weighted by molar-refractivity contribution is 5.73. The Balaban J connectivity index is 5.08. The fourth-order valence-electron chi connectivity index (χ4n) is 4.23. The Kier molecular flexibility index (Phi) is 17.6. The van der Waals surface area contributed by atoms with E-state index in [2.05, 4.69) is 18.6 Å². The summed E-state index contributed by atoms with van der Waals surface area (Å²) in [6.07, 6.45) is 9.03. The van der Waals surface area contributed by atoms with Crippen molar-refractivity contribution < 1.29 is 35.1 Å². The maximum absolute atomic E-state index is 11.7. The summed E-state index contributed by atoms with van der Waals surface area (Å²) in [5.41, 5.74) is 1.37. The normalized spacial score (nSPS) is 21.4. The van der Waals surface area contributed by atoms with Crippen molar-refractivity contribution in [3.8, 4) is 0 Å².